The zero-order valence-corrected chi connectivity index (χ0v) is 23.2. The number of nitrogens with zero attached hydrogens (tertiary/aromatic N) is 4. The van der Waals surface area contributed by atoms with Crippen molar-refractivity contribution in [2.75, 3.05) is 17.2 Å². The Kier molecular flexibility index (Phi) is 12.6. The number of anilines is 2. The third kappa shape index (κ3) is 10.9. The van der Waals surface area contributed by atoms with Gasteiger partial charge >= 0.3 is 0 Å². The second-order valence-electron chi connectivity index (χ2n) is 9.20. The Labute approximate surface area is 228 Å². The molecule has 3 aromatic rings. The van der Waals surface area contributed by atoms with Crippen LogP contribution < -0.4 is 15.4 Å². The molecule has 2 N–H and O–H groups in total. The fraction of sp³-hybridized carbons (Fsp3) is 0.500. The van der Waals surface area contributed by atoms with Crippen molar-refractivity contribution in [2.24, 2.45) is 0 Å². The summed E-state index contributed by atoms with van der Waals surface area (Å²) in [7, 11) is 0. The van der Waals surface area contributed by atoms with Crippen LogP contribution in [0.4, 0.5) is 10.9 Å². The number of aryl methyl sites for hydroxylation is 2. The molecular weight excluding hydrogens is 500 g/mol. The Bertz CT molecular complexity index is 1140. The van der Waals surface area contributed by atoms with Gasteiger partial charge in [-0.2, -0.15) is 5.10 Å². The number of amides is 2. The highest BCUT2D eigenvalue weighted by Gasteiger charge is 2.09. The molecule has 38 heavy (non-hydrogen) atoms. The van der Waals surface area contributed by atoms with Crippen LogP contribution in [0.1, 0.15) is 81.5 Å². The van der Waals surface area contributed by atoms with Crippen molar-refractivity contribution in [3.8, 4) is 5.75 Å². The second kappa shape index (κ2) is 16.4. The normalized spacial score (nSPS) is 10.8. The van der Waals surface area contributed by atoms with E-state index in [1.165, 1.54) is 11.3 Å². The summed E-state index contributed by atoms with van der Waals surface area (Å²) in [6.45, 7) is 4.91. The van der Waals surface area contributed by atoms with Gasteiger partial charge in [0.2, 0.25) is 16.9 Å². The van der Waals surface area contributed by atoms with Gasteiger partial charge in [0.15, 0.2) is 5.82 Å². The third-order valence-electron chi connectivity index (χ3n) is 5.81. The molecule has 2 heterocycles. The lowest BCUT2D eigenvalue weighted by Crippen LogP contribution is -2.16. The molecule has 0 radical (unpaired) electrons. The first-order valence-corrected chi connectivity index (χ1v) is 14.3. The van der Waals surface area contributed by atoms with Crippen molar-refractivity contribution < 1.29 is 14.3 Å². The van der Waals surface area contributed by atoms with Gasteiger partial charge in [0.05, 0.1) is 18.7 Å². The standard InChI is InChI=1S/C28H38N6O3S/c1-3-5-9-18-37-23-13-10-11-21(19-23)20-26(36)29-24-17-16-22(31-32-24)12-7-8-15-27-33-34-28(38-27)30-25(35)14-6-4-2/h10-11,13,16-17,19H,3-9,12,14-15,18,20H2,1-2H3,(H,29,32,36)(H,30,34,35). The number of carbonyl (C=O) groups excluding carboxylic acids is 2. The molecule has 0 fully saturated rings. The van der Waals surface area contributed by atoms with Crippen LogP contribution >= 0.6 is 11.3 Å². The maximum atomic E-state index is 12.5. The van der Waals surface area contributed by atoms with Gasteiger partial charge in [0.1, 0.15) is 10.8 Å². The molecule has 0 bridgehead atoms. The summed E-state index contributed by atoms with van der Waals surface area (Å²) in [5.41, 5.74) is 1.76. The largest absolute Gasteiger partial charge is 0.494 e. The lowest BCUT2D eigenvalue weighted by atomic mass is 10.1. The summed E-state index contributed by atoms with van der Waals surface area (Å²) >= 11 is 1.43. The molecule has 1 aromatic carbocycles. The zero-order chi connectivity index (χ0) is 27.0. The molecule has 0 aliphatic heterocycles. The highest BCUT2D eigenvalue weighted by atomic mass is 32.1. The molecule has 204 valence electrons. The summed E-state index contributed by atoms with van der Waals surface area (Å²) < 4.78 is 5.78. The lowest BCUT2D eigenvalue weighted by molar-refractivity contribution is -0.116. The van der Waals surface area contributed by atoms with Crippen LogP contribution in [0.5, 0.6) is 5.75 Å². The minimum atomic E-state index is -0.145. The van der Waals surface area contributed by atoms with E-state index in [0.29, 0.717) is 24.0 Å². The fourth-order valence-electron chi connectivity index (χ4n) is 3.73. The van der Waals surface area contributed by atoms with Crippen molar-refractivity contribution in [1.29, 1.82) is 0 Å². The van der Waals surface area contributed by atoms with E-state index >= 15 is 0 Å². The number of rotatable bonds is 17. The molecule has 0 saturated heterocycles. The molecule has 2 amide bonds. The van der Waals surface area contributed by atoms with E-state index < -0.39 is 0 Å². The average Bonchev–Trinajstić information content (AvgIpc) is 3.36. The molecular formula is C28H38N6O3S. The van der Waals surface area contributed by atoms with Crippen molar-refractivity contribution in [1.82, 2.24) is 20.4 Å². The van der Waals surface area contributed by atoms with Crippen LogP contribution in [0.15, 0.2) is 36.4 Å². The predicted molar refractivity (Wildman–Crippen MR) is 151 cm³/mol. The van der Waals surface area contributed by atoms with Crippen molar-refractivity contribution >= 4 is 34.1 Å². The first kappa shape index (κ1) is 29.2. The number of carbonyl (C=O) groups is 2. The summed E-state index contributed by atoms with van der Waals surface area (Å²) in [5.74, 6) is 1.07. The quantitative estimate of drug-likeness (QED) is 0.209. The van der Waals surface area contributed by atoms with Gasteiger partial charge in [-0.1, -0.05) is 56.6 Å². The van der Waals surface area contributed by atoms with Crippen LogP contribution in [-0.4, -0.2) is 38.8 Å². The molecule has 0 unspecified atom stereocenters. The Balaban J connectivity index is 1.35. The highest BCUT2D eigenvalue weighted by Crippen LogP contribution is 2.18. The molecule has 0 aliphatic carbocycles. The topological polar surface area (TPSA) is 119 Å². The van der Waals surface area contributed by atoms with Crippen molar-refractivity contribution in [3.05, 3.63) is 52.7 Å². The van der Waals surface area contributed by atoms with Gasteiger partial charge in [-0.25, -0.2) is 0 Å². The molecule has 3 rings (SSSR count). The van der Waals surface area contributed by atoms with E-state index in [0.717, 1.165) is 79.8 Å². The van der Waals surface area contributed by atoms with Gasteiger partial charge in [-0.15, -0.1) is 15.3 Å². The highest BCUT2D eigenvalue weighted by molar-refractivity contribution is 7.15. The third-order valence-corrected chi connectivity index (χ3v) is 6.71. The first-order chi connectivity index (χ1) is 18.6. The minimum absolute atomic E-state index is 0.00951. The number of hydrogen-bond acceptors (Lipinski definition) is 8. The second-order valence-corrected chi connectivity index (χ2v) is 10.3. The minimum Gasteiger partial charge on any atom is -0.494 e. The van der Waals surface area contributed by atoms with E-state index in [1.807, 2.05) is 30.3 Å². The zero-order valence-electron chi connectivity index (χ0n) is 22.4. The Morgan fingerprint density at radius 3 is 2.47 bits per heavy atom. The summed E-state index contributed by atoms with van der Waals surface area (Å²) in [6.07, 6.45) is 9.38. The lowest BCUT2D eigenvalue weighted by Gasteiger charge is -2.08. The SMILES string of the molecule is CCCCCOc1cccc(CC(=O)Nc2ccc(CCCCc3nnc(NC(=O)CCCC)s3)nn2)c1. The van der Waals surface area contributed by atoms with Gasteiger partial charge < -0.3 is 15.4 Å². The molecule has 0 aliphatic rings. The van der Waals surface area contributed by atoms with Crippen molar-refractivity contribution in [3.63, 3.8) is 0 Å². The number of hydrogen-bond donors (Lipinski definition) is 2. The van der Waals surface area contributed by atoms with E-state index in [4.69, 9.17) is 4.74 Å². The van der Waals surface area contributed by atoms with Crippen LogP contribution in [0.2, 0.25) is 0 Å². The fourth-order valence-corrected chi connectivity index (χ4v) is 4.52. The number of aromatic nitrogens is 4. The molecule has 0 atom stereocenters. The number of ether oxygens (including phenoxy) is 1. The van der Waals surface area contributed by atoms with Crippen LogP contribution in [-0.2, 0) is 28.9 Å². The van der Waals surface area contributed by atoms with E-state index in [9.17, 15) is 9.59 Å². The Morgan fingerprint density at radius 2 is 1.68 bits per heavy atom. The predicted octanol–water partition coefficient (Wildman–Crippen LogP) is 5.77. The number of unbranched alkanes of at least 4 members (excludes halogenated alkanes) is 4. The summed E-state index contributed by atoms with van der Waals surface area (Å²) in [4.78, 5) is 24.3. The van der Waals surface area contributed by atoms with Gasteiger partial charge in [0, 0.05) is 12.8 Å². The maximum Gasteiger partial charge on any atom is 0.229 e. The van der Waals surface area contributed by atoms with Gasteiger partial charge in [-0.3, -0.25) is 9.59 Å². The summed E-state index contributed by atoms with van der Waals surface area (Å²) in [5, 5.41) is 23.7. The average molecular weight is 539 g/mol. The van der Waals surface area contributed by atoms with Crippen molar-refractivity contribution in [2.45, 2.75) is 84.5 Å². The van der Waals surface area contributed by atoms with Crippen LogP contribution in [0, 0.1) is 0 Å². The molecule has 0 saturated carbocycles. The number of benzene rings is 1. The maximum absolute atomic E-state index is 12.5. The van der Waals surface area contributed by atoms with Gasteiger partial charge in [-0.05, 0) is 61.9 Å². The van der Waals surface area contributed by atoms with E-state index in [2.05, 4.69) is 44.9 Å². The molecule has 0 spiro atoms. The smallest absolute Gasteiger partial charge is 0.229 e. The molecule has 2 aromatic heterocycles. The Hall–Kier alpha value is -3.40. The summed E-state index contributed by atoms with van der Waals surface area (Å²) in [6, 6.07) is 11.3. The van der Waals surface area contributed by atoms with Crippen LogP contribution in [0.25, 0.3) is 0 Å². The van der Waals surface area contributed by atoms with E-state index in [-0.39, 0.29) is 18.2 Å². The molecule has 10 heteroatoms. The van der Waals surface area contributed by atoms with Gasteiger partial charge in [0.25, 0.3) is 0 Å². The first-order valence-electron chi connectivity index (χ1n) is 13.5. The Morgan fingerprint density at radius 1 is 0.842 bits per heavy atom. The van der Waals surface area contributed by atoms with Crippen LogP contribution in [0.3, 0.4) is 0 Å². The number of nitrogens with one attached hydrogen (secondary N) is 2. The molecule has 9 nitrogen and oxygen atoms in total. The van der Waals surface area contributed by atoms with E-state index in [1.54, 1.807) is 6.07 Å². The monoisotopic (exact) mass is 538 g/mol.